The number of nitrogens with zero attached hydrogens (tertiary/aromatic N) is 1. The molecule has 0 heterocycles. The van der Waals surface area contributed by atoms with Gasteiger partial charge in [-0.25, -0.2) is 0 Å². The molecule has 86 valence electrons. The lowest BCUT2D eigenvalue weighted by molar-refractivity contribution is 0.893. The van der Waals surface area contributed by atoms with E-state index in [0.29, 0.717) is 6.54 Å². The average molecular weight is 229 g/mol. The molecule has 0 unspecified atom stereocenters. The maximum Gasteiger partial charge on any atom is 0.124 e. The van der Waals surface area contributed by atoms with Gasteiger partial charge in [-0.2, -0.15) is 0 Å². The van der Waals surface area contributed by atoms with Crippen molar-refractivity contribution in [2.45, 2.75) is 33.6 Å². The van der Waals surface area contributed by atoms with Crippen LogP contribution in [-0.2, 0) is 0 Å². The Morgan fingerprint density at radius 2 is 2.13 bits per heavy atom. The van der Waals surface area contributed by atoms with E-state index in [1.54, 1.807) is 0 Å². The second-order valence-corrected chi connectivity index (χ2v) is 3.40. The first-order valence-corrected chi connectivity index (χ1v) is 5.92. The van der Waals surface area contributed by atoms with Crippen molar-refractivity contribution >= 4 is 17.4 Å². The lowest BCUT2D eigenvalue weighted by Crippen LogP contribution is -2.25. The van der Waals surface area contributed by atoms with Gasteiger partial charge in [-0.15, -0.1) is 0 Å². The monoisotopic (exact) mass is 228 g/mol. The van der Waals surface area contributed by atoms with Crippen molar-refractivity contribution in [3.05, 3.63) is 23.3 Å². The van der Waals surface area contributed by atoms with Gasteiger partial charge >= 0.3 is 0 Å². The third kappa shape index (κ3) is 6.34. The third-order valence-electron chi connectivity index (χ3n) is 1.96. The van der Waals surface area contributed by atoms with Crippen molar-refractivity contribution in [1.82, 2.24) is 5.32 Å². The van der Waals surface area contributed by atoms with Crippen molar-refractivity contribution in [3.63, 3.8) is 0 Å². The van der Waals surface area contributed by atoms with Gasteiger partial charge in [0.15, 0.2) is 0 Å². The average Bonchev–Trinajstić information content (AvgIpc) is 2.25. The SMILES string of the molecule is C/C=C(\CCC)C(=NC/C=C/Cl)NCC. The summed E-state index contributed by atoms with van der Waals surface area (Å²) in [6.45, 7) is 7.82. The molecule has 0 rings (SSSR count). The predicted molar refractivity (Wildman–Crippen MR) is 69.6 cm³/mol. The Hall–Kier alpha value is -0.760. The van der Waals surface area contributed by atoms with Gasteiger partial charge < -0.3 is 5.32 Å². The van der Waals surface area contributed by atoms with Crippen LogP contribution in [0.5, 0.6) is 0 Å². The topological polar surface area (TPSA) is 24.4 Å². The zero-order valence-corrected chi connectivity index (χ0v) is 10.6. The summed E-state index contributed by atoms with van der Waals surface area (Å²) in [6.07, 6.45) is 6.15. The van der Waals surface area contributed by atoms with E-state index in [2.05, 4.69) is 37.2 Å². The van der Waals surface area contributed by atoms with E-state index >= 15 is 0 Å². The Morgan fingerprint density at radius 3 is 2.60 bits per heavy atom. The van der Waals surface area contributed by atoms with E-state index in [0.717, 1.165) is 25.2 Å². The molecule has 0 saturated carbocycles. The lowest BCUT2D eigenvalue weighted by atomic mass is 10.1. The lowest BCUT2D eigenvalue weighted by Gasteiger charge is -2.10. The van der Waals surface area contributed by atoms with E-state index in [-0.39, 0.29) is 0 Å². The first-order valence-electron chi connectivity index (χ1n) is 5.49. The van der Waals surface area contributed by atoms with Crippen LogP contribution in [-0.4, -0.2) is 18.9 Å². The number of aliphatic imine (C=N–C) groups is 1. The maximum absolute atomic E-state index is 5.45. The van der Waals surface area contributed by atoms with Crippen LogP contribution in [0, 0.1) is 0 Å². The summed E-state index contributed by atoms with van der Waals surface area (Å²) < 4.78 is 0. The number of nitrogens with one attached hydrogen (secondary N) is 1. The summed E-state index contributed by atoms with van der Waals surface area (Å²) in [5.74, 6) is 0.997. The summed E-state index contributed by atoms with van der Waals surface area (Å²) in [4.78, 5) is 4.46. The van der Waals surface area contributed by atoms with Crippen molar-refractivity contribution in [2.24, 2.45) is 4.99 Å². The molecule has 0 spiro atoms. The summed E-state index contributed by atoms with van der Waals surface area (Å²) in [5, 5.41) is 3.28. The van der Waals surface area contributed by atoms with Crippen molar-refractivity contribution < 1.29 is 0 Å². The fourth-order valence-corrected chi connectivity index (χ4v) is 1.37. The molecule has 0 aromatic carbocycles. The van der Waals surface area contributed by atoms with Gasteiger partial charge in [-0.3, -0.25) is 4.99 Å². The number of hydrogen-bond acceptors (Lipinski definition) is 1. The largest absolute Gasteiger partial charge is 0.370 e. The molecule has 3 heteroatoms. The number of rotatable bonds is 6. The summed E-state index contributed by atoms with van der Waals surface area (Å²) in [7, 11) is 0. The van der Waals surface area contributed by atoms with Crippen LogP contribution in [0.25, 0.3) is 0 Å². The van der Waals surface area contributed by atoms with Crippen LogP contribution in [0.4, 0.5) is 0 Å². The van der Waals surface area contributed by atoms with Gasteiger partial charge in [0.05, 0.1) is 6.54 Å². The first kappa shape index (κ1) is 14.2. The molecule has 0 saturated heterocycles. The minimum absolute atomic E-state index is 0.632. The Kier molecular flexibility index (Phi) is 9.29. The highest BCUT2D eigenvalue weighted by atomic mass is 35.5. The molecular weight excluding hydrogens is 208 g/mol. The molecule has 1 N–H and O–H groups in total. The summed E-state index contributed by atoms with van der Waals surface area (Å²) in [5.41, 5.74) is 2.78. The summed E-state index contributed by atoms with van der Waals surface area (Å²) in [6, 6.07) is 0. The first-order chi connectivity index (χ1) is 7.29. The van der Waals surface area contributed by atoms with Crippen molar-refractivity contribution in [2.75, 3.05) is 13.1 Å². The highest BCUT2D eigenvalue weighted by molar-refractivity contribution is 6.25. The number of allylic oxidation sites excluding steroid dienone is 1. The molecular formula is C12H21ClN2. The summed E-state index contributed by atoms with van der Waals surface area (Å²) >= 11 is 5.45. The standard InChI is InChI=1S/C12H21ClN2/c1-4-8-11(5-2)12(14-6-3)15-10-7-9-13/h5,7,9H,4,6,8,10H2,1-3H3,(H,14,15)/b9-7+,11-5+. The highest BCUT2D eigenvalue weighted by Gasteiger charge is 2.02. The van der Waals surface area contributed by atoms with Gasteiger partial charge in [0.1, 0.15) is 5.84 Å². The number of likely N-dealkylation sites (N-methyl/N-ethyl adjacent to an activating group) is 1. The Bertz CT molecular complexity index is 242. The van der Waals surface area contributed by atoms with Crippen molar-refractivity contribution in [3.8, 4) is 0 Å². The zero-order valence-electron chi connectivity index (χ0n) is 9.89. The fourth-order valence-electron chi connectivity index (χ4n) is 1.29. The van der Waals surface area contributed by atoms with Gasteiger partial charge in [0, 0.05) is 12.1 Å². The fraction of sp³-hybridized carbons (Fsp3) is 0.583. The van der Waals surface area contributed by atoms with Gasteiger partial charge in [0.25, 0.3) is 0 Å². The van der Waals surface area contributed by atoms with Crippen LogP contribution in [0.2, 0.25) is 0 Å². The molecule has 2 nitrogen and oxygen atoms in total. The van der Waals surface area contributed by atoms with Crippen LogP contribution < -0.4 is 5.32 Å². The molecule has 0 aliphatic carbocycles. The molecule has 0 aliphatic rings. The Morgan fingerprint density at radius 1 is 1.40 bits per heavy atom. The highest BCUT2D eigenvalue weighted by Crippen LogP contribution is 2.06. The number of halogens is 1. The molecule has 0 fully saturated rings. The smallest absolute Gasteiger partial charge is 0.124 e. The predicted octanol–water partition coefficient (Wildman–Crippen LogP) is 3.49. The molecule has 0 aromatic rings. The molecule has 0 atom stereocenters. The molecule has 0 amide bonds. The molecule has 0 aromatic heterocycles. The minimum atomic E-state index is 0.632. The minimum Gasteiger partial charge on any atom is -0.370 e. The normalized spacial score (nSPS) is 13.6. The second kappa shape index (κ2) is 9.78. The van der Waals surface area contributed by atoms with Crippen molar-refractivity contribution in [1.29, 1.82) is 0 Å². The van der Waals surface area contributed by atoms with Gasteiger partial charge in [-0.05, 0) is 25.8 Å². The zero-order chi connectivity index (χ0) is 11.5. The van der Waals surface area contributed by atoms with E-state index in [1.165, 1.54) is 11.1 Å². The van der Waals surface area contributed by atoms with Crippen LogP contribution in [0.1, 0.15) is 33.6 Å². The van der Waals surface area contributed by atoms with Crippen LogP contribution >= 0.6 is 11.6 Å². The van der Waals surface area contributed by atoms with Gasteiger partial charge in [-0.1, -0.05) is 37.1 Å². The quantitative estimate of drug-likeness (QED) is 0.546. The van der Waals surface area contributed by atoms with E-state index in [1.807, 2.05) is 6.08 Å². The molecule has 0 bridgehead atoms. The van der Waals surface area contributed by atoms with Crippen LogP contribution in [0.15, 0.2) is 28.3 Å². The third-order valence-corrected chi connectivity index (χ3v) is 2.14. The van der Waals surface area contributed by atoms with Gasteiger partial charge in [0.2, 0.25) is 0 Å². The van der Waals surface area contributed by atoms with E-state index < -0.39 is 0 Å². The van der Waals surface area contributed by atoms with E-state index in [4.69, 9.17) is 11.6 Å². The molecule has 0 aliphatic heterocycles. The number of hydrogen-bond donors (Lipinski definition) is 1. The van der Waals surface area contributed by atoms with Crippen LogP contribution in [0.3, 0.4) is 0 Å². The molecule has 15 heavy (non-hydrogen) atoms. The Balaban J connectivity index is 4.53. The molecule has 0 radical (unpaired) electrons. The van der Waals surface area contributed by atoms with E-state index in [9.17, 15) is 0 Å². The number of amidine groups is 1. The Labute approximate surface area is 98.1 Å². The second-order valence-electron chi connectivity index (χ2n) is 3.15. The maximum atomic E-state index is 5.45.